The number of piperazine rings is 1. The Morgan fingerprint density at radius 3 is 2.64 bits per heavy atom. The zero-order valence-electron chi connectivity index (χ0n) is 16.3. The van der Waals surface area contributed by atoms with Crippen LogP contribution in [0.25, 0.3) is 10.6 Å². The summed E-state index contributed by atoms with van der Waals surface area (Å²) in [6.07, 6.45) is 3.47. The maximum atomic E-state index is 12.9. The lowest BCUT2D eigenvalue weighted by Gasteiger charge is -2.35. The molecule has 6 heteroatoms. The van der Waals surface area contributed by atoms with Crippen molar-refractivity contribution in [2.45, 2.75) is 25.8 Å². The largest absolute Gasteiger partial charge is 0.340 e. The fourth-order valence-corrected chi connectivity index (χ4v) is 5.66. The van der Waals surface area contributed by atoms with Crippen LogP contribution in [0.4, 0.5) is 0 Å². The number of carbonyl (C=O) groups excluding carboxylic acids is 1. The fourth-order valence-electron chi connectivity index (χ4n) is 4.84. The summed E-state index contributed by atoms with van der Waals surface area (Å²) in [5.74, 6) is 0.717. The molecule has 1 N–H and O–H groups in total. The average Bonchev–Trinajstić information content (AvgIpc) is 3.22. The number of amides is 1. The van der Waals surface area contributed by atoms with Gasteiger partial charge in [0.15, 0.2) is 0 Å². The van der Waals surface area contributed by atoms with Gasteiger partial charge in [-0.15, -0.1) is 11.3 Å². The van der Waals surface area contributed by atoms with E-state index in [1.165, 1.54) is 18.4 Å². The molecule has 1 aliphatic carbocycles. The molecule has 5 rings (SSSR count). The maximum absolute atomic E-state index is 12.9. The van der Waals surface area contributed by atoms with E-state index in [1.807, 2.05) is 6.07 Å². The first kappa shape index (κ1) is 18.3. The van der Waals surface area contributed by atoms with Crippen molar-refractivity contribution >= 4 is 17.2 Å². The molecule has 2 aromatic rings. The Labute approximate surface area is 170 Å². The molecular weight excluding hydrogens is 368 g/mol. The van der Waals surface area contributed by atoms with Gasteiger partial charge in [-0.3, -0.25) is 9.69 Å². The predicted octanol–water partition coefficient (Wildman–Crippen LogP) is 2.84. The molecule has 1 aromatic heterocycles. The van der Waals surface area contributed by atoms with Crippen LogP contribution in [0, 0.1) is 11.3 Å². The highest BCUT2D eigenvalue weighted by Crippen LogP contribution is 2.59. The Kier molecular flexibility index (Phi) is 4.95. The summed E-state index contributed by atoms with van der Waals surface area (Å²) >= 11 is 1.71. The van der Waals surface area contributed by atoms with Gasteiger partial charge in [-0.2, -0.15) is 0 Å². The monoisotopic (exact) mass is 396 g/mol. The van der Waals surface area contributed by atoms with E-state index in [1.54, 1.807) is 11.3 Å². The van der Waals surface area contributed by atoms with Crippen molar-refractivity contribution in [3.63, 3.8) is 0 Å². The van der Waals surface area contributed by atoms with E-state index in [2.05, 4.69) is 44.8 Å². The molecule has 3 aliphatic rings. The number of hydrogen-bond donors (Lipinski definition) is 1. The highest BCUT2D eigenvalue weighted by molar-refractivity contribution is 7.13. The smallest absolute Gasteiger partial charge is 0.226 e. The van der Waals surface area contributed by atoms with Crippen LogP contribution in [0.5, 0.6) is 0 Å². The Morgan fingerprint density at radius 1 is 1.14 bits per heavy atom. The van der Waals surface area contributed by atoms with Gasteiger partial charge < -0.3 is 10.2 Å². The lowest BCUT2D eigenvalue weighted by Crippen LogP contribution is -2.49. The third-order valence-corrected chi connectivity index (χ3v) is 7.67. The van der Waals surface area contributed by atoms with E-state index in [4.69, 9.17) is 4.98 Å². The number of carbonyl (C=O) groups is 1. The van der Waals surface area contributed by atoms with Gasteiger partial charge in [-0.1, -0.05) is 30.3 Å². The molecule has 1 saturated carbocycles. The van der Waals surface area contributed by atoms with Crippen molar-refractivity contribution in [2.75, 3.05) is 39.3 Å². The molecule has 28 heavy (non-hydrogen) atoms. The Hall–Kier alpha value is -1.76. The highest BCUT2D eigenvalue weighted by atomic mass is 32.1. The van der Waals surface area contributed by atoms with Crippen molar-refractivity contribution in [2.24, 2.45) is 11.3 Å². The van der Waals surface area contributed by atoms with Crippen molar-refractivity contribution in [1.29, 1.82) is 0 Å². The van der Waals surface area contributed by atoms with Crippen LogP contribution < -0.4 is 5.32 Å². The number of piperidine rings is 1. The Bertz CT molecular complexity index is 822. The molecule has 5 nitrogen and oxygen atoms in total. The zero-order chi connectivity index (χ0) is 19.0. The standard InChI is InChI=1S/C22H28N4OS/c27-21(19-14-22(19)6-8-23-9-7-22)26-12-10-25(11-13-26)15-18-16-28-20(24-18)17-4-2-1-3-5-17/h1-5,16,19,23H,6-15H2. The molecule has 148 valence electrons. The van der Waals surface area contributed by atoms with Crippen LogP contribution >= 0.6 is 11.3 Å². The second kappa shape index (κ2) is 7.58. The first-order valence-electron chi connectivity index (χ1n) is 10.5. The predicted molar refractivity (Wildman–Crippen MR) is 112 cm³/mol. The number of nitrogens with one attached hydrogen (secondary N) is 1. The van der Waals surface area contributed by atoms with Crippen molar-refractivity contribution < 1.29 is 4.79 Å². The summed E-state index contributed by atoms with van der Waals surface area (Å²) in [5.41, 5.74) is 2.67. The molecule has 1 unspecified atom stereocenters. The van der Waals surface area contributed by atoms with Gasteiger partial charge >= 0.3 is 0 Å². The van der Waals surface area contributed by atoms with Crippen LogP contribution in [0.2, 0.25) is 0 Å². The molecule has 3 heterocycles. The molecule has 3 fully saturated rings. The van der Waals surface area contributed by atoms with Crippen LogP contribution in [-0.4, -0.2) is 60.0 Å². The van der Waals surface area contributed by atoms with E-state index in [9.17, 15) is 4.79 Å². The Balaban J connectivity index is 1.13. The average molecular weight is 397 g/mol. The van der Waals surface area contributed by atoms with Gasteiger partial charge in [0, 0.05) is 49.6 Å². The molecule has 1 spiro atoms. The van der Waals surface area contributed by atoms with Gasteiger partial charge in [-0.25, -0.2) is 4.98 Å². The Morgan fingerprint density at radius 2 is 1.89 bits per heavy atom. The van der Waals surface area contributed by atoms with Crippen LogP contribution in [0.1, 0.15) is 25.0 Å². The molecule has 2 saturated heterocycles. The van der Waals surface area contributed by atoms with E-state index in [0.29, 0.717) is 17.2 Å². The summed E-state index contributed by atoms with van der Waals surface area (Å²) in [5, 5.41) is 6.68. The normalized spacial score (nSPS) is 24.4. The van der Waals surface area contributed by atoms with Crippen molar-refractivity contribution in [1.82, 2.24) is 20.1 Å². The highest BCUT2D eigenvalue weighted by Gasteiger charge is 2.58. The van der Waals surface area contributed by atoms with Crippen molar-refractivity contribution in [3.8, 4) is 10.6 Å². The first-order chi connectivity index (χ1) is 13.7. The lowest BCUT2D eigenvalue weighted by molar-refractivity contribution is -0.135. The summed E-state index contributed by atoms with van der Waals surface area (Å²) < 4.78 is 0. The summed E-state index contributed by atoms with van der Waals surface area (Å²) in [6.45, 7) is 6.66. The van der Waals surface area contributed by atoms with Crippen LogP contribution in [0.15, 0.2) is 35.7 Å². The van der Waals surface area contributed by atoms with E-state index >= 15 is 0 Å². The molecule has 1 atom stereocenters. The number of rotatable bonds is 4. The molecule has 0 bridgehead atoms. The summed E-state index contributed by atoms with van der Waals surface area (Å²) in [4.78, 5) is 22.3. The van der Waals surface area contributed by atoms with Crippen molar-refractivity contribution in [3.05, 3.63) is 41.4 Å². The minimum absolute atomic E-state index is 0.299. The minimum Gasteiger partial charge on any atom is -0.340 e. The fraction of sp³-hybridized carbons (Fsp3) is 0.545. The molecule has 1 amide bonds. The molecule has 2 aliphatic heterocycles. The third kappa shape index (κ3) is 3.61. The first-order valence-corrected chi connectivity index (χ1v) is 11.3. The molecular formula is C22H28N4OS. The number of nitrogens with zero attached hydrogens (tertiary/aromatic N) is 3. The summed E-state index contributed by atoms with van der Waals surface area (Å²) in [6, 6.07) is 10.4. The SMILES string of the molecule is O=C(C1CC12CCNCC2)N1CCN(Cc2csc(-c3ccccc3)n2)CC1. The zero-order valence-corrected chi connectivity index (χ0v) is 17.1. The van der Waals surface area contributed by atoms with Gasteiger partial charge in [0.25, 0.3) is 0 Å². The van der Waals surface area contributed by atoms with Gasteiger partial charge in [0.05, 0.1) is 5.69 Å². The minimum atomic E-state index is 0.299. The quantitative estimate of drug-likeness (QED) is 0.863. The van der Waals surface area contributed by atoms with E-state index in [-0.39, 0.29) is 0 Å². The third-order valence-electron chi connectivity index (χ3n) is 6.73. The van der Waals surface area contributed by atoms with Crippen LogP contribution in [0.3, 0.4) is 0 Å². The van der Waals surface area contributed by atoms with Crippen LogP contribution in [-0.2, 0) is 11.3 Å². The lowest BCUT2D eigenvalue weighted by atomic mass is 9.91. The van der Waals surface area contributed by atoms with Gasteiger partial charge in [0.1, 0.15) is 5.01 Å². The molecule has 0 radical (unpaired) electrons. The number of aromatic nitrogens is 1. The second-order valence-corrected chi connectivity index (χ2v) is 9.34. The topological polar surface area (TPSA) is 48.5 Å². The number of benzene rings is 1. The second-order valence-electron chi connectivity index (χ2n) is 8.48. The van der Waals surface area contributed by atoms with E-state index in [0.717, 1.165) is 62.9 Å². The summed E-state index contributed by atoms with van der Waals surface area (Å²) in [7, 11) is 0. The van der Waals surface area contributed by atoms with E-state index < -0.39 is 0 Å². The maximum Gasteiger partial charge on any atom is 0.226 e. The molecule has 1 aromatic carbocycles. The number of hydrogen-bond acceptors (Lipinski definition) is 5. The number of thiazole rings is 1. The van der Waals surface area contributed by atoms with Gasteiger partial charge in [0.2, 0.25) is 5.91 Å². The van der Waals surface area contributed by atoms with Gasteiger partial charge in [-0.05, 0) is 37.8 Å².